The highest BCUT2D eigenvalue weighted by atomic mass is 16.5. The van der Waals surface area contributed by atoms with Crippen LogP contribution in [0.2, 0.25) is 0 Å². The number of ether oxygens (including phenoxy) is 1. The van der Waals surface area contributed by atoms with Crippen LogP contribution in [0.15, 0.2) is 47.4 Å². The average Bonchev–Trinajstić information content (AvgIpc) is 3.03. The standard InChI is InChI=1S/C14H10N4O2/c1-18-7-9(6-17-18)19-14-13-12(15-8-16-14)10-4-2-3-5-11(10)20-13/h2-8H,1H3. The molecule has 0 N–H and O–H groups in total. The van der Waals surface area contributed by atoms with Crippen LogP contribution >= 0.6 is 0 Å². The average molecular weight is 266 g/mol. The molecule has 0 saturated heterocycles. The molecule has 3 aromatic heterocycles. The predicted molar refractivity (Wildman–Crippen MR) is 72.6 cm³/mol. The summed E-state index contributed by atoms with van der Waals surface area (Å²) in [5.41, 5.74) is 2.05. The number of furan rings is 1. The molecule has 0 saturated carbocycles. The van der Waals surface area contributed by atoms with Gasteiger partial charge in [0, 0.05) is 12.4 Å². The minimum atomic E-state index is 0.388. The molecule has 0 atom stereocenters. The lowest BCUT2D eigenvalue weighted by Gasteiger charge is -2.00. The highest BCUT2D eigenvalue weighted by Crippen LogP contribution is 2.33. The van der Waals surface area contributed by atoms with E-state index in [1.807, 2.05) is 31.3 Å². The normalized spacial score (nSPS) is 11.2. The zero-order chi connectivity index (χ0) is 13.5. The van der Waals surface area contributed by atoms with E-state index < -0.39 is 0 Å². The van der Waals surface area contributed by atoms with E-state index in [2.05, 4.69) is 15.1 Å². The van der Waals surface area contributed by atoms with E-state index in [1.54, 1.807) is 17.1 Å². The van der Waals surface area contributed by atoms with Crippen molar-refractivity contribution in [3.05, 3.63) is 43.0 Å². The molecular weight excluding hydrogens is 256 g/mol. The van der Waals surface area contributed by atoms with E-state index in [0.717, 1.165) is 16.5 Å². The molecule has 4 rings (SSSR count). The Morgan fingerprint density at radius 3 is 2.95 bits per heavy atom. The molecule has 98 valence electrons. The van der Waals surface area contributed by atoms with Crippen molar-refractivity contribution in [1.82, 2.24) is 19.7 Å². The molecule has 0 aliphatic heterocycles. The first-order valence-electron chi connectivity index (χ1n) is 6.10. The highest BCUT2D eigenvalue weighted by molar-refractivity contribution is 6.03. The van der Waals surface area contributed by atoms with Crippen LogP contribution in [0.5, 0.6) is 11.6 Å². The quantitative estimate of drug-likeness (QED) is 0.558. The first kappa shape index (κ1) is 11.0. The lowest BCUT2D eigenvalue weighted by molar-refractivity contribution is 0.455. The van der Waals surface area contributed by atoms with Crippen molar-refractivity contribution < 1.29 is 9.15 Å². The summed E-state index contributed by atoms with van der Waals surface area (Å²) < 4.78 is 13.2. The predicted octanol–water partition coefficient (Wildman–Crippen LogP) is 2.90. The number of para-hydroxylation sites is 1. The van der Waals surface area contributed by atoms with Gasteiger partial charge < -0.3 is 9.15 Å². The third-order valence-electron chi connectivity index (χ3n) is 3.02. The van der Waals surface area contributed by atoms with Gasteiger partial charge in [-0.05, 0) is 12.1 Å². The smallest absolute Gasteiger partial charge is 0.267 e. The maximum Gasteiger partial charge on any atom is 0.267 e. The number of rotatable bonds is 2. The van der Waals surface area contributed by atoms with Crippen molar-refractivity contribution in [2.75, 3.05) is 0 Å². The Morgan fingerprint density at radius 1 is 1.20 bits per heavy atom. The fourth-order valence-electron chi connectivity index (χ4n) is 2.14. The summed E-state index contributed by atoms with van der Waals surface area (Å²) in [6, 6.07) is 7.72. The Balaban J connectivity index is 1.91. The van der Waals surface area contributed by atoms with E-state index in [9.17, 15) is 0 Å². The Morgan fingerprint density at radius 2 is 2.10 bits per heavy atom. The third kappa shape index (κ3) is 1.62. The van der Waals surface area contributed by atoms with Crippen LogP contribution in [0, 0.1) is 0 Å². The fraction of sp³-hybridized carbons (Fsp3) is 0.0714. The number of aromatic nitrogens is 4. The molecule has 6 heteroatoms. The summed E-state index contributed by atoms with van der Waals surface area (Å²) in [6.07, 6.45) is 4.85. The summed E-state index contributed by atoms with van der Waals surface area (Å²) in [4.78, 5) is 8.41. The summed E-state index contributed by atoms with van der Waals surface area (Å²) in [7, 11) is 1.82. The van der Waals surface area contributed by atoms with Gasteiger partial charge in [0.15, 0.2) is 5.75 Å². The molecule has 0 aliphatic rings. The summed E-state index contributed by atoms with van der Waals surface area (Å²) in [5, 5.41) is 5.00. The van der Waals surface area contributed by atoms with Gasteiger partial charge >= 0.3 is 0 Å². The molecule has 0 radical (unpaired) electrons. The molecule has 3 heterocycles. The van der Waals surface area contributed by atoms with Gasteiger partial charge in [0.25, 0.3) is 5.88 Å². The monoisotopic (exact) mass is 266 g/mol. The number of aryl methyl sites for hydroxylation is 1. The van der Waals surface area contributed by atoms with Crippen molar-refractivity contribution in [3.63, 3.8) is 0 Å². The van der Waals surface area contributed by atoms with Crippen molar-refractivity contribution in [2.45, 2.75) is 0 Å². The van der Waals surface area contributed by atoms with Crippen LogP contribution < -0.4 is 4.74 Å². The molecule has 1 aromatic carbocycles. The molecule has 20 heavy (non-hydrogen) atoms. The topological polar surface area (TPSA) is 66.0 Å². The van der Waals surface area contributed by atoms with Gasteiger partial charge in [-0.1, -0.05) is 12.1 Å². The fourth-order valence-corrected chi connectivity index (χ4v) is 2.14. The number of benzene rings is 1. The molecule has 0 fully saturated rings. The van der Waals surface area contributed by atoms with Crippen molar-refractivity contribution in [2.24, 2.45) is 7.05 Å². The van der Waals surface area contributed by atoms with Crippen LogP contribution in [-0.2, 0) is 7.05 Å². The van der Waals surface area contributed by atoms with Crippen LogP contribution in [0.3, 0.4) is 0 Å². The lowest BCUT2D eigenvalue weighted by Crippen LogP contribution is -1.89. The first-order valence-corrected chi connectivity index (χ1v) is 6.10. The maximum atomic E-state index is 5.79. The third-order valence-corrected chi connectivity index (χ3v) is 3.02. The van der Waals surface area contributed by atoms with Crippen molar-refractivity contribution in [1.29, 1.82) is 0 Å². The number of nitrogens with zero attached hydrogens (tertiary/aromatic N) is 4. The molecular formula is C14H10N4O2. The van der Waals surface area contributed by atoms with Gasteiger partial charge in [-0.3, -0.25) is 4.68 Å². The van der Waals surface area contributed by atoms with Crippen LogP contribution in [0.1, 0.15) is 0 Å². The van der Waals surface area contributed by atoms with E-state index in [0.29, 0.717) is 17.2 Å². The molecule has 0 amide bonds. The largest absolute Gasteiger partial charge is 0.449 e. The van der Waals surface area contributed by atoms with Crippen LogP contribution in [-0.4, -0.2) is 19.7 Å². The Labute approximate surface area is 113 Å². The van der Waals surface area contributed by atoms with E-state index in [-0.39, 0.29) is 0 Å². The van der Waals surface area contributed by atoms with Crippen LogP contribution in [0.25, 0.3) is 22.1 Å². The summed E-state index contributed by atoms with van der Waals surface area (Å²) >= 11 is 0. The van der Waals surface area contributed by atoms with Crippen molar-refractivity contribution in [3.8, 4) is 11.6 Å². The zero-order valence-corrected chi connectivity index (χ0v) is 10.6. The first-order chi connectivity index (χ1) is 9.81. The summed E-state index contributed by atoms with van der Waals surface area (Å²) in [6.45, 7) is 0. The van der Waals surface area contributed by atoms with Gasteiger partial charge in [0.1, 0.15) is 17.4 Å². The number of hydrogen-bond donors (Lipinski definition) is 0. The molecule has 0 bridgehead atoms. The lowest BCUT2D eigenvalue weighted by atomic mass is 10.2. The Bertz CT molecular complexity index is 910. The highest BCUT2D eigenvalue weighted by Gasteiger charge is 2.14. The molecule has 6 nitrogen and oxygen atoms in total. The molecule has 0 aliphatic carbocycles. The van der Waals surface area contributed by atoms with Gasteiger partial charge in [-0.2, -0.15) is 10.1 Å². The molecule has 0 spiro atoms. The van der Waals surface area contributed by atoms with Gasteiger partial charge in [-0.25, -0.2) is 4.98 Å². The maximum absolute atomic E-state index is 5.79. The van der Waals surface area contributed by atoms with Gasteiger partial charge in [-0.15, -0.1) is 0 Å². The molecule has 4 aromatic rings. The Kier molecular flexibility index (Phi) is 2.23. The second-order valence-electron chi connectivity index (χ2n) is 4.41. The minimum Gasteiger partial charge on any atom is -0.449 e. The number of hydrogen-bond acceptors (Lipinski definition) is 5. The van der Waals surface area contributed by atoms with Gasteiger partial charge in [0.2, 0.25) is 5.58 Å². The summed E-state index contributed by atoms with van der Waals surface area (Å²) in [5.74, 6) is 0.993. The molecule has 0 unspecified atom stereocenters. The van der Waals surface area contributed by atoms with E-state index in [1.165, 1.54) is 6.33 Å². The van der Waals surface area contributed by atoms with Gasteiger partial charge in [0.05, 0.1) is 12.4 Å². The van der Waals surface area contributed by atoms with Crippen molar-refractivity contribution >= 4 is 22.1 Å². The van der Waals surface area contributed by atoms with E-state index in [4.69, 9.17) is 9.15 Å². The minimum absolute atomic E-state index is 0.388. The second kappa shape index (κ2) is 4.06. The Hall–Kier alpha value is -2.89. The number of fused-ring (bicyclic) bond motifs is 3. The zero-order valence-electron chi connectivity index (χ0n) is 10.6. The van der Waals surface area contributed by atoms with E-state index >= 15 is 0 Å². The SMILES string of the molecule is Cn1cc(Oc2ncnc3c2oc2ccccc23)cn1. The second-order valence-corrected chi connectivity index (χ2v) is 4.41. The van der Waals surface area contributed by atoms with Crippen LogP contribution in [0.4, 0.5) is 0 Å².